The number of fused-ring (bicyclic) bond motifs is 1. The molecule has 2 aromatic carbocycles. The van der Waals surface area contributed by atoms with Crippen LogP contribution in [0.4, 0.5) is 0 Å². The minimum Gasteiger partial charge on any atom is -0.385 e. The average molecular weight is 511 g/mol. The second kappa shape index (κ2) is 8.97. The van der Waals surface area contributed by atoms with Gasteiger partial charge in [-0.1, -0.05) is 46.6 Å². The Kier molecular flexibility index (Phi) is 5.92. The van der Waals surface area contributed by atoms with Crippen LogP contribution in [0.15, 0.2) is 53.2 Å². The Labute approximate surface area is 214 Å². The van der Waals surface area contributed by atoms with Gasteiger partial charge in [0.2, 0.25) is 0 Å². The molecule has 2 saturated carbocycles. The number of rotatable bonds is 6. The Morgan fingerprint density at radius 2 is 1.83 bits per heavy atom. The molecule has 2 fully saturated rings. The summed E-state index contributed by atoms with van der Waals surface area (Å²) in [4.78, 5) is 0. The molecule has 2 aromatic heterocycles. The molecule has 35 heavy (non-hydrogen) atoms. The Balaban J connectivity index is 1.18. The molecule has 4 aromatic rings. The number of aryl methyl sites for hydroxylation is 1. The van der Waals surface area contributed by atoms with Crippen LogP contribution in [0.5, 0.6) is 0 Å². The zero-order valence-corrected chi connectivity index (χ0v) is 21.1. The number of halogens is 2. The van der Waals surface area contributed by atoms with Crippen molar-refractivity contribution in [3.05, 3.63) is 75.6 Å². The van der Waals surface area contributed by atoms with E-state index in [1.54, 1.807) is 0 Å². The van der Waals surface area contributed by atoms with Crippen molar-refractivity contribution in [2.75, 3.05) is 0 Å². The predicted octanol–water partition coefficient (Wildman–Crippen LogP) is 7.36. The normalized spacial score (nSPS) is 22.7. The summed E-state index contributed by atoms with van der Waals surface area (Å²) in [5, 5.41) is 18.1. The van der Waals surface area contributed by atoms with Crippen molar-refractivity contribution in [2.24, 2.45) is 7.05 Å². The molecule has 2 aliphatic rings. The van der Waals surface area contributed by atoms with E-state index in [-0.39, 0.29) is 6.10 Å². The molecular weight excluding hydrogens is 483 g/mol. The monoisotopic (exact) mass is 510 g/mol. The number of aromatic nitrogens is 2. The minimum atomic E-state index is -0.828. The highest BCUT2D eigenvalue weighted by Crippen LogP contribution is 2.46. The van der Waals surface area contributed by atoms with Crippen LogP contribution in [-0.4, -0.2) is 20.9 Å². The zero-order chi connectivity index (χ0) is 24.2. The average Bonchev–Trinajstić information content (AvgIpc) is 3.52. The molecule has 6 rings (SSSR count). The lowest BCUT2D eigenvalue weighted by atomic mass is 9.78. The molecule has 0 amide bonds. The summed E-state index contributed by atoms with van der Waals surface area (Å²) in [6.45, 7) is 0.393. The van der Waals surface area contributed by atoms with E-state index in [0.717, 1.165) is 48.1 Å². The van der Waals surface area contributed by atoms with Crippen LogP contribution in [-0.2, 0) is 24.0 Å². The molecular formula is C28H28Cl2N2O3. The SMILES string of the molecule is Cn1ccc2ccc(C3(O)CCC(OCc4c(-c5c(Cl)cccc5Cl)noc4C4CC4)CC3)cc21. The zero-order valence-electron chi connectivity index (χ0n) is 19.6. The number of aliphatic hydroxyl groups is 1. The van der Waals surface area contributed by atoms with Gasteiger partial charge in [0.15, 0.2) is 0 Å². The van der Waals surface area contributed by atoms with Crippen LogP contribution in [0.3, 0.4) is 0 Å². The number of hydrogen-bond acceptors (Lipinski definition) is 4. The van der Waals surface area contributed by atoms with Crippen LogP contribution >= 0.6 is 23.2 Å². The molecule has 0 spiro atoms. The first-order valence-electron chi connectivity index (χ1n) is 12.3. The van der Waals surface area contributed by atoms with E-state index in [1.807, 2.05) is 31.4 Å². The topological polar surface area (TPSA) is 60.4 Å². The predicted molar refractivity (Wildman–Crippen MR) is 138 cm³/mol. The maximum Gasteiger partial charge on any atom is 0.145 e. The van der Waals surface area contributed by atoms with E-state index in [9.17, 15) is 5.11 Å². The van der Waals surface area contributed by atoms with E-state index in [2.05, 4.69) is 34.0 Å². The Morgan fingerprint density at radius 3 is 2.54 bits per heavy atom. The fourth-order valence-electron chi connectivity index (χ4n) is 5.33. The van der Waals surface area contributed by atoms with E-state index in [0.29, 0.717) is 46.7 Å². The molecule has 0 bridgehead atoms. The first kappa shape index (κ1) is 23.1. The van der Waals surface area contributed by atoms with Crippen molar-refractivity contribution in [1.29, 1.82) is 0 Å². The summed E-state index contributed by atoms with van der Waals surface area (Å²) in [6.07, 6.45) is 7.20. The largest absolute Gasteiger partial charge is 0.385 e. The Morgan fingerprint density at radius 1 is 1.09 bits per heavy atom. The second-order valence-electron chi connectivity index (χ2n) is 9.99. The van der Waals surface area contributed by atoms with Gasteiger partial charge >= 0.3 is 0 Å². The van der Waals surface area contributed by atoms with Gasteiger partial charge in [0.25, 0.3) is 0 Å². The number of nitrogens with zero attached hydrogens (tertiary/aromatic N) is 2. The first-order valence-corrected chi connectivity index (χ1v) is 13.0. The smallest absolute Gasteiger partial charge is 0.145 e. The quantitative estimate of drug-likeness (QED) is 0.294. The first-order chi connectivity index (χ1) is 16.9. The molecule has 0 radical (unpaired) electrons. The van der Waals surface area contributed by atoms with Crippen molar-refractivity contribution >= 4 is 34.1 Å². The Hall–Kier alpha value is -2.31. The van der Waals surface area contributed by atoms with Crippen molar-refractivity contribution in [3.8, 4) is 11.3 Å². The lowest BCUT2D eigenvalue weighted by Gasteiger charge is -2.36. The fraction of sp³-hybridized carbons (Fsp3) is 0.393. The molecule has 2 aliphatic carbocycles. The summed E-state index contributed by atoms with van der Waals surface area (Å²) < 4.78 is 14.2. The molecule has 2 heterocycles. The second-order valence-corrected chi connectivity index (χ2v) is 10.8. The summed E-state index contributed by atoms with van der Waals surface area (Å²) in [5.74, 6) is 1.28. The summed E-state index contributed by atoms with van der Waals surface area (Å²) in [7, 11) is 2.03. The van der Waals surface area contributed by atoms with E-state index < -0.39 is 5.60 Å². The summed E-state index contributed by atoms with van der Waals surface area (Å²) in [6, 6.07) is 13.8. The van der Waals surface area contributed by atoms with Crippen LogP contribution in [0.1, 0.15) is 61.3 Å². The van der Waals surface area contributed by atoms with Gasteiger partial charge in [0.05, 0.1) is 28.4 Å². The van der Waals surface area contributed by atoms with Crippen LogP contribution in [0, 0.1) is 0 Å². The van der Waals surface area contributed by atoms with Crippen molar-refractivity contribution < 1.29 is 14.4 Å². The highest BCUT2D eigenvalue weighted by atomic mass is 35.5. The van der Waals surface area contributed by atoms with E-state index >= 15 is 0 Å². The van der Waals surface area contributed by atoms with Gasteiger partial charge in [-0.05, 0) is 73.7 Å². The van der Waals surface area contributed by atoms with Gasteiger partial charge in [0, 0.05) is 35.8 Å². The fourth-order valence-corrected chi connectivity index (χ4v) is 5.90. The molecule has 7 heteroatoms. The highest BCUT2D eigenvalue weighted by molar-refractivity contribution is 6.39. The molecule has 0 atom stereocenters. The highest BCUT2D eigenvalue weighted by Gasteiger charge is 2.37. The summed E-state index contributed by atoms with van der Waals surface area (Å²) in [5.41, 5.74) is 3.60. The maximum absolute atomic E-state index is 11.5. The number of benzene rings is 2. The third-order valence-electron chi connectivity index (χ3n) is 7.61. The van der Waals surface area contributed by atoms with Gasteiger partial charge in [-0.15, -0.1) is 0 Å². The van der Waals surface area contributed by atoms with E-state index in [4.69, 9.17) is 32.5 Å². The van der Waals surface area contributed by atoms with Crippen LogP contribution in [0.25, 0.3) is 22.2 Å². The molecule has 5 nitrogen and oxygen atoms in total. The van der Waals surface area contributed by atoms with Gasteiger partial charge in [-0.25, -0.2) is 0 Å². The molecule has 0 saturated heterocycles. The molecule has 0 unspecified atom stereocenters. The van der Waals surface area contributed by atoms with Crippen molar-refractivity contribution in [2.45, 2.75) is 62.8 Å². The summed E-state index contributed by atoms with van der Waals surface area (Å²) >= 11 is 13.0. The van der Waals surface area contributed by atoms with Gasteiger partial charge in [-0.2, -0.15) is 0 Å². The van der Waals surface area contributed by atoms with Gasteiger partial charge in [-0.3, -0.25) is 0 Å². The van der Waals surface area contributed by atoms with Crippen LogP contribution in [0.2, 0.25) is 10.0 Å². The lowest BCUT2D eigenvalue weighted by molar-refractivity contribution is -0.0640. The Bertz CT molecular complexity index is 1360. The number of hydrogen-bond donors (Lipinski definition) is 1. The molecule has 0 aliphatic heterocycles. The maximum atomic E-state index is 11.5. The van der Waals surface area contributed by atoms with Crippen molar-refractivity contribution in [3.63, 3.8) is 0 Å². The van der Waals surface area contributed by atoms with Crippen LogP contribution < -0.4 is 0 Å². The standard InChI is InChI=1S/C28H28Cl2N2O3/c1-32-14-11-17-7-8-19(15-24(17)32)28(33)12-9-20(10-13-28)34-16-21-26(31-35-27(21)18-5-6-18)25-22(29)3-2-4-23(25)30/h2-4,7-8,11,14-15,18,20,33H,5-6,9-10,12-13,16H2,1H3. The number of ether oxygens (including phenoxy) is 1. The molecule has 1 N–H and O–H groups in total. The van der Waals surface area contributed by atoms with E-state index in [1.165, 1.54) is 5.39 Å². The molecule has 182 valence electrons. The van der Waals surface area contributed by atoms with Crippen molar-refractivity contribution in [1.82, 2.24) is 9.72 Å². The third-order valence-corrected chi connectivity index (χ3v) is 8.24. The lowest BCUT2D eigenvalue weighted by Crippen LogP contribution is -2.34. The van der Waals surface area contributed by atoms with Gasteiger partial charge in [0.1, 0.15) is 11.5 Å². The van der Waals surface area contributed by atoms with Gasteiger partial charge < -0.3 is 18.9 Å². The minimum absolute atomic E-state index is 0.0607. The third kappa shape index (κ3) is 4.29.